The fourth-order valence-corrected chi connectivity index (χ4v) is 4.06. The summed E-state index contributed by atoms with van der Waals surface area (Å²) >= 11 is 0. The number of carbonyl (C=O) groups excluding carboxylic acids is 1. The Bertz CT molecular complexity index is 845. The molecule has 1 aliphatic rings. The molecule has 0 aliphatic heterocycles. The molecule has 27 heavy (non-hydrogen) atoms. The van der Waals surface area contributed by atoms with E-state index in [-0.39, 0.29) is 22.9 Å². The predicted molar refractivity (Wildman–Crippen MR) is 108 cm³/mol. The van der Waals surface area contributed by atoms with Crippen molar-refractivity contribution in [2.75, 3.05) is 0 Å². The van der Waals surface area contributed by atoms with E-state index in [0.29, 0.717) is 29.4 Å². The highest BCUT2D eigenvalue weighted by Gasteiger charge is 2.22. The average Bonchev–Trinajstić information content (AvgIpc) is 2.68. The van der Waals surface area contributed by atoms with Gasteiger partial charge in [0.15, 0.2) is 5.78 Å². The zero-order valence-electron chi connectivity index (χ0n) is 16.0. The van der Waals surface area contributed by atoms with Crippen LogP contribution in [0.25, 0.3) is 11.1 Å². The highest BCUT2D eigenvalue weighted by Crippen LogP contribution is 2.38. The van der Waals surface area contributed by atoms with Gasteiger partial charge in [-0.2, -0.15) is 0 Å². The molecule has 1 N–H and O–H groups in total. The third-order valence-corrected chi connectivity index (χ3v) is 5.63. The Kier molecular flexibility index (Phi) is 6.10. The van der Waals surface area contributed by atoms with Crippen molar-refractivity contribution in [2.45, 2.75) is 51.9 Å². The monoisotopic (exact) mass is 366 g/mol. The van der Waals surface area contributed by atoms with Crippen molar-refractivity contribution in [3.05, 3.63) is 65.5 Å². The third-order valence-electron chi connectivity index (χ3n) is 5.63. The number of halogens is 1. The van der Waals surface area contributed by atoms with E-state index in [2.05, 4.69) is 19.1 Å². The second kappa shape index (κ2) is 8.51. The van der Waals surface area contributed by atoms with Gasteiger partial charge in [-0.25, -0.2) is 4.39 Å². The van der Waals surface area contributed by atoms with Gasteiger partial charge in [0, 0.05) is 12.0 Å². The number of phenolic OH excluding ortho intramolecular Hbond substituents is 1. The van der Waals surface area contributed by atoms with Crippen molar-refractivity contribution < 1.29 is 14.3 Å². The van der Waals surface area contributed by atoms with Crippen molar-refractivity contribution in [1.29, 1.82) is 0 Å². The molecule has 142 valence electrons. The SMILES string of the molecule is C/C=C/C1CCC(c2ccc(-c3ccc(C(=O)CC)c(O)c3)c(F)c2)CC1. The van der Waals surface area contributed by atoms with Gasteiger partial charge < -0.3 is 5.11 Å². The molecule has 0 radical (unpaired) electrons. The van der Waals surface area contributed by atoms with Gasteiger partial charge in [-0.1, -0.05) is 37.3 Å². The van der Waals surface area contributed by atoms with Gasteiger partial charge in [0.25, 0.3) is 0 Å². The van der Waals surface area contributed by atoms with Gasteiger partial charge in [-0.15, -0.1) is 0 Å². The van der Waals surface area contributed by atoms with Gasteiger partial charge >= 0.3 is 0 Å². The number of ketones is 1. The van der Waals surface area contributed by atoms with E-state index < -0.39 is 0 Å². The number of rotatable bonds is 5. The topological polar surface area (TPSA) is 37.3 Å². The zero-order valence-corrected chi connectivity index (χ0v) is 16.0. The van der Waals surface area contributed by atoms with Crippen LogP contribution in [0.2, 0.25) is 0 Å². The maximum Gasteiger partial charge on any atom is 0.166 e. The summed E-state index contributed by atoms with van der Waals surface area (Å²) < 4.78 is 14.8. The number of phenols is 1. The third kappa shape index (κ3) is 4.29. The highest BCUT2D eigenvalue weighted by molar-refractivity contribution is 5.99. The summed E-state index contributed by atoms with van der Waals surface area (Å²) in [5, 5.41) is 10.1. The Morgan fingerprint density at radius 1 is 1.15 bits per heavy atom. The predicted octanol–water partition coefficient (Wildman–Crippen LogP) is 6.64. The number of carbonyl (C=O) groups is 1. The number of Topliss-reactive ketones (excluding diaryl/α,β-unsaturated/α-hetero) is 1. The van der Waals surface area contributed by atoms with Gasteiger partial charge in [0.2, 0.25) is 0 Å². The van der Waals surface area contributed by atoms with Crippen molar-refractivity contribution in [2.24, 2.45) is 5.92 Å². The van der Waals surface area contributed by atoms with E-state index in [0.717, 1.165) is 31.2 Å². The second-order valence-electron chi connectivity index (χ2n) is 7.39. The number of hydrogen-bond donors (Lipinski definition) is 1. The summed E-state index contributed by atoms with van der Waals surface area (Å²) in [5.41, 5.74) is 2.38. The minimum absolute atomic E-state index is 0.0925. The van der Waals surface area contributed by atoms with Crippen molar-refractivity contribution in [3.8, 4) is 16.9 Å². The lowest BCUT2D eigenvalue weighted by atomic mass is 9.78. The van der Waals surface area contributed by atoms with Gasteiger partial charge in [0.1, 0.15) is 11.6 Å². The van der Waals surface area contributed by atoms with Crippen LogP contribution in [0.15, 0.2) is 48.6 Å². The molecule has 0 bridgehead atoms. The van der Waals surface area contributed by atoms with Crippen LogP contribution < -0.4 is 0 Å². The molecule has 2 aromatic rings. The minimum atomic E-state index is -0.281. The maximum absolute atomic E-state index is 14.8. The van der Waals surface area contributed by atoms with Crippen LogP contribution in [0.4, 0.5) is 4.39 Å². The van der Waals surface area contributed by atoms with Crippen LogP contribution in [-0.2, 0) is 0 Å². The molecule has 0 atom stereocenters. The van der Waals surface area contributed by atoms with Crippen molar-refractivity contribution >= 4 is 5.78 Å². The number of hydrogen-bond acceptors (Lipinski definition) is 2. The molecule has 0 saturated heterocycles. The molecular formula is C24H27FO2. The average molecular weight is 366 g/mol. The zero-order chi connectivity index (χ0) is 19.4. The molecule has 3 heteroatoms. The molecule has 0 amide bonds. The van der Waals surface area contributed by atoms with Crippen LogP contribution in [0, 0.1) is 11.7 Å². The number of benzene rings is 2. The van der Waals surface area contributed by atoms with E-state index in [4.69, 9.17) is 0 Å². The molecule has 0 heterocycles. The Hall–Kier alpha value is -2.42. The van der Waals surface area contributed by atoms with Crippen molar-refractivity contribution in [1.82, 2.24) is 0 Å². The molecule has 3 rings (SSSR count). The molecule has 0 unspecified atom stereocenters. The molecular weight excluding hydrogens is 339 g/mol. The lowest BCUT2D eigenvalue weighted by Gasteiger charge is -2.27. The lowest BCUT2D eigenvalue weighted by molar-refractivity contribution is 0.0985. The molecule has 1 aliphatic carbocycles. The van der Waals surface area contributed by atoms with E-state index in [1.54, 1.807) is 31.2 Å². The Morgan fingerprint density at radius 2 is 1.89 bits per heavy atom. The standard InChI is InChI=1S/C24H27FO2/c1-3-5-16-6-8-17(9-7-16)18-10-12-20(22(25)14-18)19-11-13-21(23(26)4-2)24(27)15-19/h3,5,10-17,27H,4,6-9H2,1-2H3/b5-3+. The van der Waals surface area contributed by atoms with Crippen LogP contribution in [0.1, 0.15) is 67.8 Å². The summed E-state index contributed by atoms with van der Waals surface area (Å²) in [5.74, 6) is 0.571. The minimum Gasteiger partial charge on any atom is -0.507 e. The first-order valence-corrected chi connectivity index (χ1v) is 9.82. The number of aromatic hydroxyl groups is 1. The van der Waals surface area contributed by atoms with Crippen LogP contribution in [0.3, 0.4) is 0 Å². The maximum atomic E-state index is 14.8. The van der Waals surface area contributed by atoms with Crippen LogP contribution >= 0.6 is 0 Å². The number of allylic oxidation sites excluding steroid dienone is 2. The first kappa shape index (κ1) is 19.3. The van der Waals surface area contributed by atoms with Gasteiger partial charge in [-0.3, -0.25) is 4.79 Å². The van der Waals surface area contributed by atoms with Crippen molar-refractivity contribution in [3.63, 3.8) is 0 Å². The second-order valence-corrected chi connectivity index (χ2v) is 7.39. The van der Waals surface area contributed by atoms with Crippen LogP contribution in [0.5, 0.6) is 5.75 Å². The summed E-state index contributed by atoms with van der Waals surface area (Å²) in [6, 6.07) is 10.2. The Balaban J connectivity index is 1.79. The first-order chi connectivity index (χ1) is 13.0. The molecule has 1 saturated carbocycles. The van der Waals surface area contributed by atoms with Gasteiger partial charge in [-0.05, 0) is 73.8 Å². The molecule has 0 aromatic heterocycles. The van der Waals surface area contributed by atoms with E-state index >= 15 is 0 Å². The first-order valence-electron chi connectivity index (χ1n) is 9.82. The normalized spacial score (nSPS) is 20.1. The fraction of sp³-hybridized carbons (Fsp3) is 0.375. The molecule has 2 nitrogen and oxygen atoms in total. The molecule has 2 aromatic carbocycles. The highest BCUT2D eigenvalue weighted by atomic mass is 19.1. The fourth-order valence-electron chi connectivity index (χ4n) is 4.06. The smallest absolute Gasteiger partial charge is 0.166 e. The van der Waals surface area contributed by atoms with E-state index in [9.17, 15) is 14.3 Å². The van der Waals surface area contributed by atoms with E-state index in [1.165, 1.54) is 6.07 Å². The molecule has 0 spiro atoms. The quantitative estimate of drug-likeness (QED) is 0.476. The summed E-state index contributed by atoms with van der Waals surface area (Å²) in [4.78, 5) is 11.8. The summed E-state index contributed by atoms with van der Waals surface area (Å²) in [6.07, 6.45) is 9.20. The van der Waals surface area contributed by atoms with Gasteiger partial charge in [0.05, 0.1) is 5.56 Å². The largest absolute Gasteiger partial charge is 0.507 e. The summed E-state index contributed by atoms with van der Waals surface area (Å²) in [7, 11) is 0. The van der Waals surface area contributed by atoms with Crippen LogP contribution in [-0.4, -0.2) is 10.9 Å². The lowest BCUT2D eigenvalue weighted by Crippen LogP contribution is -2.12. The Labute approximate surface area is 160 Å². The van der Waals surface area contributed by atoms with E-state index in [1.807, 2.05) is 6.07 Å². The summed E-state index contributed by atoms with van der Waals surface area (Å²) in [6.45, 7) is 3.81. The Morgan fingerprint density at radius 3 is 2.48 bits per heavy atom. The molecule has 1 fully saturated rings.